The van der Waals surface area contributed by atoms with Crippen LogP contribution in [0.4, 0.5) is 5.82 Å². The molecular formula is C22H24ClN5O2. The molecule has 8 heteroatoms. The Hall–Kier alpha value is -2.66. The van der Waals surface area contributed by atoms with Gasteiger partial charge in [0.05, 0.1) is 19.0 Å². The zero-order valence-electron chi connectivity index (χ0n) is 16.8. The molecule has 156 valence electrons. The van der Waals surface area contributed by atoms with Crippen molar-refractivity contribution in [2.75, 3.05) is 18.1 Å². The van der Waals surface area contributed by atoms with Crippen molar-refractivity contribution in [3.63, 3.8) is 0 Å². The van der Waals surface area contributed by atoms with Crippen LogP contribution in [-0.2, 0) is 11.3 Å². The lowest BCUT2D eigenvalue weighted by atomic mass is 10.1. The molecule has 0 aliphatic carbocycles. The smallest absolute Gasteiger partial charge is 0.226 e. The Labute approximate surface area is 180 Å². The second kappa shape index (κ2) is 9.00. The molecule has 1 saturated heterocycles. The Kier molecular flexibility index (Phi) is 6.18. The minimum Gasteiger partial charge on any atom is -0.394 e. The van der Waals surface area contributed by atoms with E-state index < -0.39 is 0 Å². The predicted octanol–water partition coefficient (Wildman–Crippen LogP) is 3.55. The molecular weight excluding hydrogens is 402 g/mol. The van der Waals surface area contributed by atoms with E-state index in [0.29, 0.717) is 23.5 Å². The largest absolute Gasteiger partial charge is 0.394 e. The molecule has 0 amide bonds. The lowest BCUT2D eigenvalue weighted by Crippen LogP contribution is -2.25. The summed E-state index contributed by atoms with van der Waals surface area (Å²) >= 11 is 6.31. The number of aliphatic hydroxyl groups is 1. The number of nitrogens with zero attached hydrogens (tertiary/aromatic N) is 5. The van der Waals surface area contributed by atoms with E-state index in [0.717, 1.165) is 36.9 Å². The summed E-state index contributed by atoms with van der Waals surface area (Å²) in [4.78, 5) is 15.7. The van der Waals surface area contributed by atoms with Gasteiger partial charge in [0.1, 0.15) is 6.23 Å². The van der Waals surface area contributed by atoms with Crippen LogP contribution in [0.1, 0.15) is 43.5 Å². The van der Waals surface area contributed by atoms with Gasteiger partial charge in [0.15, 0.2) is 17.0 Å². The van der Waals surface area contributed by atoms with Crippen molar-refractivity contribution >= 4 is 28.6 Å². The van der Waals surface area contributed by atoms with Crippen LogP contribution in [0.5, 0.6) is 0 Å². The average molecular weight is 426 g/mol. The summed E-state index contributed by atoms with van der Waals surface area (Å²) in [6.07, 6.45) is 9.32. The van der Waals surface area contributed by atoms with Crippen LogP contribution in [0.25, 0.3) is 11.2 Å². The summed E-state index contributed by atoms with van der Waals surface area (Å²) in [6, 6.07) is 7.92. The Morgan fingerprint density at radius 2 is 2.10 bits per heavy atom. The highest BCUT2D eigenvalue weighted by molar-refractivity contribution is 6.28. The van der Waals surface area contributed by atoms with Crippen molar-refractivity contribution in [2.45, 2.75) is 45.1 Å². The highest BCUT2D eigenvalue weighted by Crippen LogP contribution is 2.33. The number of rotatable bonds is 7. The van der Waals surface area contributed by atoms with Gasteiger partial charge in [-0.15, -0.1) is 6.42 Å². The van der Waals surface area contributed by atoms with Crippen molar-refractivity contribution in [2.24, 2.45) is 0 Å². The molecule has 1 aliphatic heterocycles. The Bertz CT molecular complexity index is 1060. The zero-order valence-corrected chi connectivity index (χ0v) is 17.6. The third-order valence-electron chi connectivity index (χ3n) is 5.26. The van der Waals surface area contributed by atoms with E-state index >= 15 is 0 Å². The summed E-state index contributed by atoms with van der Waals surface area (Å²) in [5.74, 6) is 3.34. The number of fused-ring (bicyclic) bond motifs is 1. The molecule has 30 heavy (non-hydrogen) atoms. The maximum absolute atomic E-state index is 9.37. The van der Waals surface area contributed by atoms with Gasteiger partial charge in [-0.05, 0) is 48.6 Å². The van der Waals surface area contributed by atoms with Gasteiger partial charge in [0.25, 0.3) is 0 Å². The van der Waals surface area contributed by atoms with Crippen LogP contribution in [0.2, 0.25) is 5.28 Å². The highest BCUT2D eigenvalue weighted by atomic mass is 35.5. The Balaban J connectivity index is 1.69. The van der Waals surface area contributed by atoms with Crippen LogP contribution < -0.4 is 4.90 Å². The summed E-state index contributed by atoms with van der Waals surface area (Å²) < 4.78 is 7.79. The molecule has 1 N–H and O–H groups in total. The van der Waals surface area contributed by atoms with Crippen LogP contribution in [0, 0.1) is 12.3 Å². The van der Waals surface area contributed by atoms with Gasteiger partial charge in [-0.25, -0.2) is 4.98 Å². The highest BCUT2D eigenvalue weighted by Gasteiger charge is 2.28. The van der Waals surface area contributed by atoms with Gasteiger partial charge in [-0.2, -0.15) is 9.97 Å². The molecule has 2 aromatic heterocycles. The monoisotopic (exact) mass is 425 g/mol. The molecule has 1 aromatic carbocycles. The van der Waals surface area contributed by atoms with Crippen LogP contribution in [-0.4, -0.2) is 43.9 Å². The first-order valence-corrected chi connectivity index (χ1v) is 10.5. The van der Waals surface area contributed by atoms with E-state index in [-0.39, 0.29) is 24.2 Å². The number of benzene rings is 1. The maximum atomic E-state index is 9.37. The molecule has 0 spiro atoms. The third-order valence-corrected chi connectivity index (χ3v) is 5.43. The topological polar surface area (TPSA) is 76.3 Å². The summed E-state index contributed by atoms with van der Waals surface area (Å²) in [5, 5.41) is 9.54. The molecule has 0 radical (unpaired) electrons. The van der Waals surface area contributed by atoms with Crippen molar-refractivity contribution in [1.29, 1.82) is 0 Å². The first-order valence-electron chi connectivity index (χ1n) is 10.1. The number of anilines is 1. The molecule has 3 aromatic rings. The number of halogens is 1. The van der Waals surface area contributed by atoms with Crippen molar-refractivity contribution in [1.82, 2.24) is 19.5 Å². The number of imidazole rings is 1. The molecule has 3 heterocycles. The minimum absolute atomic E-state index is 0.00681. The standard InChI is InChI=1S/C22H24ClN5O2/c1-3-11-27(12-16-7-5-15(4-2)6-8-16)20-19-21(26-22(23)25-20)28(14-24-19)18-10-9-17(13-29)30-18/h2,5-8,14,17-18,29H,3,9-13H2,1H3/t17-,18-/m1/s1. The summed E-state index contributed by atoms with van der Waals surface area (Å²) in [6.45, 7) is 3.57. The molecule has 1 fully saturated rings. The van der Waals surface area contributed by atoms with E-state index in [4.69, 9.17) is 22.8 Å². The Morgan fingerprint density at radius 3 is 2.77 bits per heavy atom. The Morgan fingerprint density at radius 1 is 1.30 bits per heavy atom. The SMILES string of the molecule is C#Cc1ccc(CN(CCC)c2nc(Cl)nc3c2ncn3[C@H]2CC[C@H](CO)O2)cc1. The lowest BCUT2D eigenvalue weighted by molar-refractivity contribution is -0.0207. The van der Waals surface area contributed by atoms with Crippen molar-refractivity contribution in [3.8, 4) is 12.3 Å². The minimum atomic E-state index is -0.220. The predicted molar refractivity (Wildman–Crippen MR) is 116 cm³/mol. The van der Waals surface area contributed by atoms with E-state index in [1.807, 2.05) is 28.8 Å². The van der Waals surface area contributed by atoms with Crippen LogP contribution in [0.15, 0.2) is 30.6 Å². The zero-order chi connectivity index (χ0) is 21.1. The fraction of sp³-hybridized carbons (Fsp3) is 0.409. The van der Waals surface area contributed by atoms with E-state index in [1.54, 1.807) is 6.33 Å². The number of aromatic nitrogens is 4. The lowest BCUT2D eigenvalue weighted by Gasteiger charge is -2.24. The van der Waals surface area contributed by atoms with Gasteiger partial charge in [0.2, 0.25) is 5.28 Å². The van der Waals surface area contributed by atoms with Gasteiger partial charge in [-0.3, -0.25) is 4.57 Å². The second-order valence-electron chi connectivity index (χ2n) is 7.38. The van der Waals surface area contributed by atoms with E-state index in [2.05, 4.69) is 32.7 Å². The maximum Gasteiger partial charge on any atom is 0.226 e. The van der Waals surface area contributed by atoms with Gasteiger partial charge >= 0.3 is 0 Å². The van der Waals surface area contributed by atoms with Crippen LogP contribution in [0.3, 0.4) is 0 Å². The molecule has 4 rings (SSSR count). The average Bonchev–Trinajstić information content (AvgIpc) is 3.40. The number of ether oxygens (including phenoxy) is 1. The molecule has 7 nitrogen and oxygen atoms in total. The van der Waals surface area contributed by atoms with Gasteiger partial charge in [0, 0.05) is 18.7 Å². The first-order chi connectivity index (χ1) is 14.6. The first kappa shape index (κ1) is 20.6. The molecule has 2 atom stereocenters. The third kappa shape index (κ3) is 4.12. The fourth-order valence-electron chi connectivity index (χ4n) is 3.79. The van der Waals surface area contributed by atoms with Gasteiger partial charge in [-0.1, -0.05) is 25.0 Å². The second-order valence-corrected chi connectivity index (χ2v) is 7.71. The molecule has 0 bridgehead atoms. The summed E-state index contributed by atoms with van der Waals surface area (Å²) in [5.41, 5.74) is 3.29. The van der Waals surface area contributed by atoms with Crippen molar-refractivity contribution in [3.05, 3.63) is 47.0 Å². The number of hydrogen-bond acceptors (Lipinski definition) is 6. The summed E-state index contributed by atoms with van der Waals surface area (Å²) in [7, 11) is 0. The molecule has 1 aliphatic rings. The van der Waals surface area contributed by atoms with Gasteiger partial charge < -0.3 is 14.7 Å². The normalized spacial score (nSPS) is 18.6. The van der Waals surface area contributed by atoms with Crippen molar-refractivity contribution < 1.29 is 9.84 Å². The fourth-order valence-corrected chi connectivity index (χ4v) is 3.95. The number of terminal acetylenes is 1. The quantitative estimate of drug-likeness (QED) is 0.461. The number of aliphatic hydroxyl groups excluding tert-OH is 1. The molecule has 0 unspecified atom stereocenters. The number of hydrogen-bond donors (Lipinski definition) is 1. The van der Waals surface area contributed by atoms with E-state index in [1.165, 1.54) is 0 Å². The molecule has 0 saturated carbocycles. The van der Waals surface area contributed by atoms with E-state index in [9.17, 15) is 5.11 Å². The van der Waals surface area contributed by atoms with Crippen LogP contribution >= 0.6 is 11.6 Å².